The van der Waals surface area contributed by atoms with Gasteiger partial charge in [0.25, 0.3) is 0 Å². The first-order valence-corrected chi connectivity index (χ1v) is 6.46. The van der Waals surface area contributed by atoms with E-state index >= 15 is 0 Å². The molecule has 0 unspecified atom stereocenters. The fourth-order valence-electron chi connectivity index (χ4n) is 1.27. The standard InChI is InChI=1S/C16H11BrS/c17-14-8-6-13(7-9-14)16-11-10-15(18-16)12-4-2-1-3-5-12/h1-11H/i1D,2D,3D,4D,5D,6D,7D,8D,9D,10D,11D. The highest BCUT2D eigenvalue weighted by atomic mass is 79.9. The third kappa shape index (κ3) is 2.40. The van der Waals surface area contributed by atoms with Crippen LogP contribution in [0, 0.1) is 0 Å². The van der Waals surface area contributed by atoms with Gasteiger partial charge in [0.15, 0.2) is 0 Å². The van der Waals surface area contributed by atoms with E-state index < -0.39 is 54.4 Å². The fourth-order valence-corrected chi connectivity index (χ4v) is 2.28. The fraction of sp³-hybridized carbons (Fsp3) is 0. The molecule has 18 heavy (non-hydrogen) atoms. The lowest BCUT2D eigenvalue weighted by atomic mass is 10.2. The van der Waals surface area contributed by atoms with Crippen LogP contribution in [0.1, 0.15) is 15.1 Å². The molecule has 1 heterocycles. The summed E-state index contributed by atoms with van der Waals surface area (Å²) in [5, 5.41) is 0. The van der Waals surface area contributed by atoms with Crippen molar-refractivity contribution in [1.29, 1.82) is 0 Å². The minimum atomic E-state index is -0.578. The van der Waals surface area contributed by atoms with Crippen molar-refractivity contribution in [2.45, 2.75) is 0 Å². The molecule has 0 amide bonds. The summed E-state index contributed by atoms with van der Waals surface area (Å²) in [7, 11) is 0. The summed E-state index contributed by atoms with van der Waals surface area (Å²) in [6, 6.07) is -5.08. The summed E-state index contributed by atoms with van der Waals surface area (Å²) in [5.74, 6) is 0. The summed E-state index contributed by atoms with van der Waals surface area (Å²) >= 11 is 3.73. The maximum atomic E-state index is 8.25. The van der Waals surface area contributed by atoms with Crippen LogP contribution in [0.5, 0.6) is 0 Å². The smallest absolute Gasteiger partial charge is 0.0638 e. The zero-order valence-electron chi connectivity index (χ0n) is 19.8. The van der Waals surface area contributed by atoms with Crippen LogP contribution in [0.3, 0.4) is 0 Å². The van der Waals surface area contributed by atoms with Gasteiger partial charge in [-0.2, -0.15) is 0 Å². The van der Waals surface area contributed by atoms with Crippen molar-refractivity contribution >= 4 is 27.3 Å². The van der Waals surface area contributed by atoms with Gasteiger partial charge in [-0.3, -0.25) is 0 Å². The Balaban J connectivity index is 2.40. The van der Waals surface area contributed by atoms with Gasteiger partial charge in [-0.05, 0) is 35.3 Å². The number of hydrogen-bond donors (Lipinski definition) is 0. The highest BCUT2D eigenvalue weighted by Crippen LogP contribution is 2.34. The van der Waals surface area contributed by atoms with E-state index in [1.54, 1.807) is 0 Å². The summed E-state index contributed by atoms with van der Waals surface area (Å²) in [4.78, 5) is -0.108. The number of halogens is 1. The molecule has 0 N–H and O–H groups in total. The van der Waals surface area contributed by atoms with Gasteiger partial charge in [0.05, 0.1) is 15.1 Å². The SMILES string of the molecule is [2H]c1c(-c2c([2H])c([2H])c([2H])c([2H])c2[2H])sc(-c2c([2H])c([2H])c(Br)c([2H])c2[2H])c1[2H]. The highest BCUT2D eigenvalue weighted by molar-refractivity contribution is 9.10. The van der Waals surface area contributed by atoms with Crippen LogP contribution in [0.15, 0.2) is 70.9 Å². The molecular weight excluding hydrogens is 304 g/mol. The second-order valence-corrected chi connectivity index (χ2v) is 5.01. The molecule has 1 aromatic heterocycles. The molecule has 0 radical (unpaired) electrons. The summed E-state index contributed by atoms with van der Waals surface area (Å²) in [6.07, 6.45) is 0. The average Bonchev–Trinajstić information content (AvgIpc) is 2.97. The maximum absolute atomic E-state index is 8.25. The van der Waals surface area contributed by atoms with Crippen molar-refractivity contribution < 1.29 is 15.1 Å². The Hall–Kier alpha value is -1.38. The Labute approximate surface area is 135 Å². The number of hydrogen-bond acceptors (Lipinski definition) is 1. The number of benzene rings is 2. The van der Waals surface area contributed by atoms with E-state index in [4.69, 9.17) is 15.1 Å². The van der Waals surface area contributed by atoms with Crippen LogP contribution < -0.4 is 0 Å². The Morgan fingerprint density at radius 1 is 0.722 bits per heavy atom. The van der Waals surface area contributed by atoms with Crippen LogP contribution in [0.4, 0.5) is 0 Å². The first kappa shape index (κ1) is 4.62. The predicted molar refractivity (Wildman–Crippen MR) is 82.9 cm³/mol. The van der Waals surface area contributed by atoms with E-state index in [0.29, 0.717) is 0 Å². The molecule has 3 rings (SSSR count). The van der Waals surface area contributed by atoms with Crippen molar-refractivity contribution in [1.82, 2.24) is 0 Å². The number of rotatable bonds is 2. The summed E-state index contributed by atoms with van der Waals surface area (Å²) < 4.78 is 88.1. The Kier molecular flexibility index (Phi) is 1.31. The molecule has 0 spiro atoms. The summed E-state index contributed by atoms with van der Waals surface area (Å²) in [5.41, 5.74) is -0.413. The monoisotopic (exact) mass is 325 g/mol. The van der Waals surface area contributed by atoms with E-state index in [1.165, 1.54) is 0 Å². The first-order chi connectivity index (χ1) is 13.4. The van der Waals surface area contributed by atoms with Gasteiger partial charge in [0, 0.05) is 14.2 Å². The van der Waals surface area contributed by atoms with Crippen molar-refractivity contribution in [3.63, 3.8) is 0 Å². The Morgan fingerprint density at radius 2 is 1.28 bits per heavy atom. The van der Waals surface area contributed by atoms with Crippen molar-refractivity contribution in [2.75, 3.05) is 0 Å². The first-order valence-electron chi connectivity index (χ1n) is 10.3. The van der Waals surface area contributed by atoms with Crippen LogP contribution in [0.25, 0.3) is 20.9 Å². The van der Waals surface area contributed by atoms with Crippen LogP contribution in [0.2, 0.25) is 0 Å². The molecule has 0 saturated heterocycles. The quantitative estimate of drug-likeness (QED) is 0.554. The lowest BCUT2D eigenvalue weighted by Crippen LogP contribution is -1.70. The zero-order valence-corrected chi connectivity index (χ0v) is 11.2. The minimum Gasteiger partial charge on any atom is -0.135 e. The third-order valence-corrected chi connectivity index (χ3v) is 3.46. The third-order valence-electron chi connectivity index (χ3n) is 2.04. The van der Waals surface area contributed by atoms with Gasteiger partial charge in [-0.1, -0.05) is 58.2 Å². The van der Waals surface area contributed by atoms with Crippen LogP contribution in [-0.2, 0) is 0 Å². The Bertz CT molecular complexity index is 1040. The molecule has 3 aromatic rings. The minimum absolute atomic E-state index is 0.0312. The molecule has 0 fully saturated rings. The molecule has 2 heteroatoms. The second-order valence-electron chi connectivity index (χ2n) is 3.20. The van der Waals surface area contributed by atoms with E-state index in [2.05, 4.69) is 15.9 Å². The lowest BCUT2D eigenvalue weighted by Gasteiger charge is -1.98. The van der Waals surface area contributed by atoms with E-state index in [-0.39, 0.29) is 37.4 Å². The van der Waals surface area contributed by atoms with Crippen molar-refractivity contribution in [3.8, 4) is 20.9 Å². The normalized spacial score (nSPS) is 19.1. The van der Waals surface area contributed by atoms with Crippen LogP contribution in [-0.4, -0.2) is 0 Å². The van der Waals surface area contributed by atoms with Crippen molar-refractivity contribution in [2.24, 2.45) is 0 Å². The van der Waals surface area contributed by atoms with E-state index in [9.17, 15) is 0 Å². The van der Waals surface area contributed by atoms with E-state index in [1.807, 2.05) is 0 Å². The predicted octanol–water partition coefficient (Wildman–Crippen LogP) is 5.84. The molecule has 0 saturated carbocycles. The van der Waals surface area contributed by atoms with Gasteiger partial charge in [0.2, 0.25) is 0 Å². The molecule has 0 aliphatic rings. The van der Waals surface area contributed by atoms with Gasteiger partial charge in [-0.15, -0.1) is 11.3 Å². The maximum Gasteiger partial charge on any atom is 0.0638 e. The van der Waals surface area contributed by atoms with Gasteiger partial charge >= 0.3 is 0 Å². The second kappa shape index (κ2) is 5.09. The zero-order chi connectivity index (χ0) is 21.9. The topological polar surface area (TPSA) is 0 Å². The molecule has 0 atom stereocenters. The highest BCUT2D eigenvalue weighted by Gasteiger charge is 2.04. The van der Waals surface area contributed by atoms with Gasteiger partial charge < -0.3 is 0 Å². The summed E-state index contributed by atoms with van der Waals surface area (Å²) in [6.45, 7) is 0. The van der Waals surface area contributed by atoms with E-state index in [0.717, 1.165) is 11.3 Å². The largest absolute Gasteiger partial charge is 0.135 e. The lowest BCUT2D eigenvalue weighted by molar-refractivity contribution is 1.65. The average molecular weight is 326 g/mol. The van der Waals surface area contributed by atoms with Crippen LogP contribution >= 0.6 is 27.3 Å². The molecule has 2 aromatic carbocycles. The number of thiophene rings is 1. The molecule has 0 aliphatic carbocycles. The Morgan fingerprint density at radius 3 is 1.89 bits per heavy atom. The molecule has 88 valence electrons. The van der Waals surface area contributed by atoms with Crippen molar-refractivity contribution in [3.05, 3.63) is 70.9 Å². The van der Waals surface area contributed by atoms with Gasteiger partial charge in [-0.25, -0.2) is 0 Å². The molecular formula is C16H11BrS. The molecule has 0 bridgehead atoms. The molecule has 0 aliphatic heterocycles. The molecule has 0 nitrogen and oxygen atoms in total. The van der Waals surface area contributed by atoms with Gasteiger partial charge in [0.1, 0.15) is 0 Å².